The van der Waals surface area contributed by atoms with Crippen LogP contribution in [0.2, 0.25) is 0 Å². The van der Waals surface area contributed by atoms with Crippen LogP contribution in [0.25, 0.3) is 0 Å². The Kier molecular flexibility index (Phi) is 8.30. The van der Waals surface area contributed by atoms with E-state index in [1.165, 1.54) is 11.6 Å². The van der Waals surface area contributed by atoms with Crippen LogP contribution >= 0.6 is 0 Å². The zero-order chi connectivity index (χ0) is 25.5. The molecule has 0 saturated heterocycles. The third-order valence-electron chi connectivity index (χ3n) is 6.88. The van der Waals surface area contributed by atoms with Crippen LogP contribution in [0.1, 0.15) is 49.7 Å². The number of nitrogens with one attached hydrogen (secondary N) is 2. The number of aromatic nitrogens is 3. The molecule has 8 nitrogen and oxygen atoms in total. The molecule has 3 aromatic rings. The van der Waals surface area contributed by atoms with E-state index in [1.807, 2.05) is 29.2 Å². The van der Waals surface area contributed by atoms with Gasteiger partial charge in [0.25, 0.3) is 0 Å². The van der Waals surface area contributed by atoms with E-state index in [9.17, 15) is 9.18 Å². The second kappa shape index (κ2) is 11.8. The molecule has 4 N–H and O–H groups in total. The van der Waals surface area contributed by atoms with Crippen molar-refractivity contribution in [2.75, 3.05) is 29.1 Å². The SMILES string of the molecule is CNc1nc(NC[C@H](C)c2ccccc2)nc(N(Cc2ccccc2F)C2CCC(C(N)=O)CC2)n1. The summed E-state index contributed by atoms with van der Waals surface area (Å²) >= 11 is 0. The number of primary amides is 1. The van der Waals surface area contributed by atoms with E-state index in [-0.39, 0.29) is 29.6 Å². The molecule has 1 aromatic heterocycles. The van der Waals surface area contributed by atoms with E-state index in [4.69, 9.17) is 10.7 Å². The first-order chi connectivity index (χ1) is 17.4. The molecule has 9 heteroatoms. The van der Waals surface area contributed by atoms with Gasteiger partial charge >= 0.3 is 0 Å². The van der Waals surface area contributed by atoms with Crippen molar-refractivity contribution < 1.29 is 9.18 Å². The van der Waals surface area contributed by atoms with Crippen molar-refractivity contribution in [1.29, 1.82) is 0 Å². The molecule has 1 aliphatic carbocycles. The third kappa shape index (κ3) is 6.27. The monoisotopic (exact) mass is 491 g/mol. The first kappa shape index (κ1) is 25.3. The van der Waals surface area contributed by atoms with Gasteiger partial charge in [-0.05, 0) is 43.2 Å². The van der Waals surface area contributed by atoms with Crippen LogP contribution in [0.3, 0.4) is 0 Å². The molecule has 1 atom stereocenters. The number of hydrogen-bond donors (Lipinski definition) is 3. The highest BCUT2D eigenvalue weighted by atomic mass is 19.1. The molecule has 0 bridgehead atoms. The largest absolute Gasteiger partial charge is 0.369 e. The molecule has 0 aliphatic heterocycles. The van der Waals surface area contributed by atoms with Gasteiger partial charge in [0, 0.05) is 37.7 Å². The fourth-order valence-corrected chi connectivity index (χ4v) is 4.67. The second-order valence-electron chi connectivity index (χ2n) is 9.35. The molecule has 190 valence electrons. The fraction of sp³-hybridized carbons (Fsp3) is 0.407. The standard InChI is InChI=1S/C27H34FN7O/c1-18(19-8-4-3-5-9-19)16-31-26-32-25(30-2)33-27(34-26)35(17-21-10-6-7-11-23(21)28)22-14-12-20(13-15-22)24(29)36/h3-11,18,20,22H,12-17H2,1-2H3,(H2,29,36)(H2,30,31,32,33,34)/t18-,20?,22?/m0/s1. The van der Waals surface area contributed by atoms with E-state index in [2.05, 4.69) is 39.7 Å². The minimum Gasteiger partial charge on any atom is -0.369 e. The van der Waals surface area contributed by atoms with Gasteiger partial charge in [-0.3, -0.25) is 4.79 Å². The molecular weight excluding hydrogens is 457 g/mol. The summed E-state index contributed by atoms with van der Waals surface area (Å²) in [5, 5.41) is 6.37. The summed E-state index contributed by atoms with van der Waals surface area (Å²) in [4.78, 5) is 27.6. The number of halogens is 1. The maximum Gasteiger partial charge on any atom is 0.232 e. The highest BCUT2D eigenvalue weighted by Crippen LogP contribution is 2.31. The molecule has 1 aliphatic rings. The number of amides is 1. The molecule has 0 spiro atoms. The Morgan fingerprint density at radius 3 is 2.36 bits per heavy atom. The molecule has 0 radical (unpaired) electrons. The first-order valence-corrected chi connectivity index (χ1v) is 12.5. The van der Waals surface area contributed by atoms with Crippen molar-refractivity contribution in [3.63, 3.8) is 0 Å². The smallest absolute Gasteiger partial charge is 0.232 e. The number of anilines is 3. The number of carbonyl (C=O) groups is 1. The van der Waals surface area contributed by atoms with E-state index < -0.39 is 0 Å². The molecule has 0 unspecified atom stereocenters. The molecule has 1 fully saturated rings. The Balaban J connectivity index is 1.60. The predicted octanol–water partition coefficient (Wildman–Crippen LogP) is 4.32. The zero-order valence-electron chi connectivity index (χ0n) is 20.8. The Labute approximate surface area is 211 Å². The summed E-state index contributed by atoms with van der Waals surface area (Å²) in [5.41, 5.74) is 7.33. The van der Waals surface area contributed by atoms with Crippen LogP contribution in [0.4, 0.5) is 22.2 Å². The van der Waals surface area contributed by atoms with Gasteiger partial charge in [-0.15, -0.1) is 0 Å². The van der Waals surface area contributed by atoms with Crippen molar-refractivity contribution in [2.45, 2.75) is 51.1 Å². The van der Waals surface area contributed by atoms with E-state index in [0.717, 1.165) is 12.8 Å². The van der Waals surface area contributed by atoms with Crippen LogP contribution in [-0.4, -0.2) is 40.5 Å². The van der Waals surface area contributed by atoms with Gasteiger partial charge in [-0.1, -0.05) is 55.5 Å². The minimum absolute atomic E-state index is 0.0448. The maximum absolute atomic E-state index is 14.6. The summed E-state index contributed by atoms with van der Waals surface area (Å²) < 4.78 is 14.6. The van der Waals surface area contributed by atoms with Crippen LogP contribution in [-0.2, 0) is 11.3 Å². The van der Waals surface area contributed by atoms with Crippen LogP contribution < -0.4 is 21.3 Å². The van der Waals surface area contributed by atoms with Gasteiger partial charge in [0.2, 0.25) is 23.8 Å². The van der Waals surface area contributed by atoms with Crippen molar-refractivity contribution in [3.8, 4) is 0 Å². The number of hydrogen-bond acceptors (Lipinski definition) is 7. The lowest BCUT2D eigenvalue weighted by molar-refractivity contribution is -0.122. The molecule has 1 amide bonds. The molecule has 4 rings (SSSR count). The zero-order valence-corrected chi connectivity index (χ0v) is 20.8. The van der Waals surface area contributed by atoms with Gasteiger partial charge in [-0.2, -0.15) is 15.0 Å². The van der Waals surface area contributed by atoms with Gasteiger partial charge in [-0.25, -0.2) is 4.39 Å². The van der Waals surface area contributed by atoms with E-state index in [0.29, 0.717) is 49.3 Å². The van der Waals surface area contributed by atoms with Gasteiger partial charge in [0.1, 0.15) is 5.82 Å². The quantitative estimate of drug-likeness (QED) is 0.388. The fourth-order valence-electron chi connectivity index (χ4n) is 4.67. The summed E-state index contributed by atoms with van der Waals surface area (Å²) in [6.45, 7) is 3.10. The number of nitrogens with zero attached hydrogens (tertiary/aromatic N) is 4. The maximum atomic E-state index is 14.6. The topological polar surface area (TPSA) is 109 Å². The second-order valence-corrected chi connectivity index (χ2v) is 9.35. The molecule has 1 heterocycles. The lowest BCUT2D eigenvalue weighted by Crippen LogP contribution is -2.41. The van der Waals surface area contributed by atoms with Crippen molar-refractivity contribution in [2.24, 2.45) is 11.7 Å². The van der Waals surface area contributed by atoms with Crippen molar-refractivity contribution in [3.05, 3.63) is 71.5 Å². The molecule has 1 saturated carbocycles. The van der Waals surface area contributed by atoms with E-state index >= 15 is 0 Å². The Morgan fingerprint density at radius 2 is 1.69 bits per heavy atom. The lowest BCUT2D eigenvalue weighted by Gasteiger charge is -2.36. The van der Waals surface area contributed by atoms with Gasteiger partial charge < -0.3 is 21.3 Å². The third-order valence-corrected chi connectivity index (χ3v) is 6.88. The highest BCUT2D eigenvalue weighted by molar-refractivity contribution is 5.76. The summed E-state index contributed by atoms with van der Waals surface area (Å²) in [6.07, 6.45) is 2.88. The summed E-state index contributed by atoms with van der Waals surface area (Å²) in [6, 6.07) is 17.0. The van der Waals surface area contributed by atoms with Crippen LogP contribution in [0.15, 0.2) is 54.6 Å². The molecular formula is C27H34FN7O. The number of nitrogens with two attached hydrogens (primary N) is 1. The average Bonchev–Trinajstić information content (AvgIpc) is 2.91. The summed E-state index contributed by atoms with van der Waals surface area (Å²) in [7, 11) is 1.76. The van der Waals surface area contributed by atoms with Crippen LogP contribution in [0.5, 0.6) is 0 Å². The number of rotatable bonds is 10. The van der Waals surface area contributed by atoms with Crippen molar-refractivity contribution in [1.82, 2.24) is 15.0 Å². The minimum atomic E-state index is -0.272. The Morgan fingerprint density at radius 1 is 1.03 bits per heavy atom. The molecule has 36 heavy (non-hydrogen) atoms. The van der Waals surface area contributed by atoms with E-state index in [1.54, 1.807) is 19.2 Å². The first-order valence-electron chi connectivity index (χ1n) is 12.5. The summed E-state index contributed by atoms with van der Waals surface area (Å²) in [5.74, 6) is 0.949. The Hall–Kier alpha value is -3.75. The average molecular weight is 492 g/mol. The van der Waals surface area contributed by atoms with Crippen LogP contribution in [0, 0.1) is 11.7 Å². The van der Waals surface area contributed by atoms with Gasteiger partial charge in [0.05, 0.1) is 0 Å². The lowest BCUT2D eigenvalue weighted by atomic mass is 9.85. The molecule has 2 aromatic carbocycles. The van der Waals surface area contributed by atoms with Crippen molar-refractivity contribution >= 4 is 23.8 Å². The number of benzene rings is 2. The highest BCUT2D eigenvalue weighted by Gasteiger charge is 2.31. The predicted molar refractivity (Wildman–Crippen MR) is 140 cm³/mol. The normalized spacial score (nSPS) is 18.3. The Bertz CT molecular complexity index is 1150. The number of carbonyl (C=O) groups excluding carboxylic acids is 1. The van der Waals surface area contributed by atoms with Gasteiger partial charge in [0.15, 0.2) is 0 Å².